The minimum Gasteiger partial charge on any atom is -0.756 e. The summed E-state index contributed by atoms with van der Waals surface area (Å²) in [5.41, 5.74) is 0. The number of unbranched alkanes of at least 4 members (excludes halogenated alkanes) is 54. The van der Waals surface area contributed by atoms with E-state index < -0.39 is 26.5 Å². The maximum absolute atomic E-state index is 12.9. The second-order valence-corrected chi connectivity index (χ2v) is 30.2. The molecule has 0 aromatic rings. The minimum absolute atomic E-state index is 0.0287. The van der Waals surface area contributed by atoms with E-state index in [2.05, 4.69) is 62.5 Å². The second-order valence-electron chi connectivity index (χ2n) is 28.8. The molecule has 9 nitrogen and oxygen atoms in total. The number of hydrogen-bond acceptors (Lipinski definition) is 8. The van der Waals surface area contributed by atoms with E-state index in [9.17, 15) is 19.0 Å². The van der Waals surface area contributed by atoms with Crippen LogP contribution in [0.2, 0.25) is 0 Å². The predicted octanol–water partition coefficient (Wildman–Crippen LogP) is 26.1. The molecule has 0 aromatic heterocycles. The van der Waals surface area contributed by atoms with Gasteiger partial charge in [-0.1, -0.05) is 396 Å². The highest BCUT2D eigenvalue weighted by atomic mass is 31.2. The van der Waals surface area contributed by atoms with Gasteiger partial charge in [-0.05, 0) is 51.4 Å². The van der Waals surface area contributed by atoms with Gasteiger partial charge in [0.1, 0.15) is 19.8 Å². The summed E-state index contributed by atoms with van der Waals surface area (Å²) in [5, 5.41) is 0. The lowest BCUT2D eigenvalue weighted by Crippen LogP contribution is -2.37. The second kappa shape index (κ2) is 73.2. The molecule has 0 saturated carbocycles. The Bertz CT molecular complexity index is 1690. The van der Waals surface area contributed by atoms with Crippen LogP contribution in [0.25, 0.3) is 0 Å². The smallest absolute Gasteiger partial charge is 0.306 e. The molecular weight excluding hydrogens is 1160 g/mol. The van der Waals surface area contributed by atoms with Crippen molar-refractivity contribution in [2.45, 2.75) is 418 Å². The Labute approximate surface area is 573 Å². The molecule has 0 saturated heterocycles. The van der Waals surface area contributed by atoms with Gasteiger partial charge in [0.05, 0.1) is 27.7 Å². The van der Waals surface area contributed by atoms with Crippen LogP contribution in [0, 0.1) is 0 Å². The molecule has 0 N–H and O–H groups in total. The molecule has 10 heteroatoms. The van der Waals surface area contributed by atoms with E-state index in [4.69, 9.17) is 18.5 Å². The van der Waals surface area contributed by atoms with Crippen molar-refractivity contribution in [1.82, 2.24) is 0 Å². The molecule has 0 heterocycles. The van der Waals surface area contributed by atoms with Crippen molar-refractivity contribution in [3.63, 3.8) is 0 Å². The average molecular weight is 1320 g/mol. The van der Waals surface area contributed by atoms with E-state index in [0.29, 0.717) is 17.4 Å². The molecule has 0 rings (SSSR count). The number of phosphoric acid groups is 1. The largest absolute Gasteiger partial charge is 0.756 e. The third kappa shape index (κ3) is 77.0. The number of carbonyl (C=O) groups excluding carboxylic acids is 2. The SMILES string of the molecule is CC/C=C\C/C=C\C/C=C\C/C=C\CCCCCCCCCCCCCCCCCCC(=O)OC(COC(=O)CCCCCCCCCCCCCCCCCCCCCCCCCCCCCCCCCCCCCCCCC)COP(=O)([O-])OCC[N+](C)(C)C. The molecule has 0 bridgehead atoms. The van der Waals surface area contributed by atoms with E-state index in [1.165, 1.54) is 315 Å². The first-order chi connectivity index (χ1) is 45.0. The number of rotatable bonds is 76. The highest BCUT2D eigenvalue weighted by Gasteiger charge is 2.22. The number of likely N-dealkylation sites (N-methyl/N-ethyl adjacent to an activating group) is 1. The van der Waals surface area contributed by atoms with E-state index in [-0.39, 0.29) is 32.0 Å². The zero-order valence-corrected chi connectivity index (χ0v) is 62.9. The summed E-state index contributed by atoms with van der Waals surface area (Å²) in [5.74, 6) is -0.811. The third-order valence-corrected chi connectivity index (χ3v) is 19.3. The number of ether oxygens (including phenoxy) is 2. The first kappa shape index (κ1) is 90.0. The zero-order valence-electron chi connectivity index (χ0n) is 62.0. The average Bonchev–Trinajstić information content (AvgIpc) is 2.14. The van der Waals surface area contributed by atoms with Gasteiger partial charge in [-0.3, -0.25) is 14.2 Å². The number of esters is 2. The topological polar surface area (TPSA) is 111 Å². The van der Waals surface area contributed by atoms with E-state index >= 15 is 0 Å². The van der Waals surface area contributed by atoms with Crippen molar-refractivity contribution in [1.29, 1.82) is 0 Å². The molecule has 2 unspecified atom stereocenters. The summed E-state index contributed by atoms with van der Waals surface area (Å²) < 4.78 is 34.4. The normalized spacial score (nSPS) is 13.2. The fourth-order valence-electron chi connectivity index (χ4n) is 12.2. The van der Waals surface area contributed by atoms with Crippen LogP contribution in [0.5, 0.6) is 0 Å². The highest BCUT2D eigenvalue weighted by molar-refractivity contribution is 7.45. The maximum atomic E-state index is 12.9. The molecule has 0 aromatic carbocycles. The van der Waals surface area contributed by atoms with E-state index in [1.54, 1.807) is 0 Å². The molecule has 0 aliphatic heterocycles. The van der Waals surface area contributed by atoms with Crippen molar-refractivity contribution in [2.75, 3.05) is 47.5 Å². The van der Waals surface area contributed by atoms with Crippen LogP contribution in [-0.4, -0.2) is 70.0 Å². The maximum Gasteiger partial charge on any atom is 0.306 e. The monoisotopic (exact) mass is 1310 g/mol. The molecule has 542 valence electrons. The van der Waals surface area contributed by atoms with Crippen molar-refractivity contribution in [2.24, 2.45) is 0 Å². The molecular formula is C82H156NO8P. The van der Waals surface area contributed by atoms with E-state index in [0.717, 1.165) is 64.2 Å². The van der Waals surface area contributed by atoms with Gasteiger partial charge in [-0.2, -0.15) is 0 Å². The van der Waals surface area contributed by atoms with Gasteiger partial charge in [0, 0.05) is 12.8 Å². The Morgan fingerprint density at radius 1 is 0.348 bits per heavy atom. The van der Waals surface area contributed by atoms with Crippen LogP contribution in [0.1, 0.15) is 412 Å². The summed E-state index contributed by atoms with van der Waals surface area (Å²) in [6.07, 6.45) is 96.8. The number of quaternary nitrogens is 1. The number of hydrogen-bond donors (Lipinski definition) is 0. The Hall–Kier alpha value is -2.03. The lowest BCUT2D eigenvalue weighted by Gasteiger charge is -2.28. The third-order valence-electron chi connectivity index (χ3n) is 18.4. The summed E-state index contributed by atoms with van der Waals surface area (Å²) in [7, 11) is 1.19. The van der Waals surface area contributed by atoms with Crippen molar-refractivity contribution < 1.29 is 42.1 Å². The van der Waals surface area contributed by atoms with Crippen molar-refractivity contribution in [3.8, 4) is 0 Å². The zero-order chi connectivity index (χ0) is 66.9. The quantitative estimate of drug-likeness (QED) is 0.0195. The Balaban J connectivity index is 3.88. The summed E-state index contributed by atoms with van der Waals surface area (Å²) in [4.78, 5) is 38.2. The number of carbonyl (C=O) groups is 2. The van der Waals surface area contributed by atoms with Gasteiger partial charge in [0.25, 0.3) is 7.82 Å². The molecule has 2 atom stereocenters. The van der Waals surface area contributed by atoms with Crippen molar-refractivity contribution >= 4 is 19.8 Å². The van der Waals surface area contributed by atoms with Crippen LogP contribution in [0.3, 0.4) is 0 Å². The summed E-state index contributed by atoms with van der Waals surface area (Å²) in [6.45, 7) is 4.21. The van der Waals surface area contributed by atoms with Gasteiger partial charge in [0.15, 0.2) is 6.10 Å². The highest BCUT2D eigenvalue weighted by Crippen LogP contribution is 2.38. The van der Waals surface area contributed by atoms with Crippen LogP contribution in [0.4, 0.5) is 0 Å². The van der Waals surface area contributed by atoms with Gasteiger partial charge in [0.2, 0.25) is 0 Å². The van der Waals surface area contributed by atoms with Gasteiger partial charge >= 0.3 is 11.9 Å². The first-order valence-electron chi connectivity index (χ1n) is 40.3. The summed E-state index contributed by atoms with van der Waals surface area (Å²) >= 11 is 0. The van der Waals surface area contributed by atoms with Crippen LogP contribution in [0.15, 0.2) is 48.6 Å². The number of nitrogens with zero attached hydrogens (tertiary/aromatic N) is 1. The van der Waals surface area contributed by atoms with E-state index in [1.807, 2.05) is 21.1 Å². The van der Waals surface area contributed by atoms with Gasteiger partial charge in [-0.15, -0.1) is 0 Å². The van der Waals surface area contributed by atoms with Crippen molar-refractivity contribution in [3.05, 3.63) is 48.6 Å². The molecule has 0 spiro atoms. The fraction of sp³-hybridized carbons (Fsp3) is 0.878. The number of phosphoric ester groups is 1. The first-order valence-corrected chi connectivity index (χ1v) is 41.8. The molecule has 0 amide bonds. The van der Waals surface area contributed by atoms with Gasteiger partial charge < -0.3 is 27.9 Å². The molecule has 92 heavy (non-hydrogen) atoms. The number of allylic oxidation sites excluding steroid dienone is 8. The molecule has 0 fully saturated rings. The molecule has 0 aliphatic rings. The van der Waals surface area contributed by atoms with Crippen LogP contribution in [-0.2, 0) is 32.7 Å². The van der Waals surface area contributed by atoms with Crippen LogP contribution < -0.4 is 4.89 Å². The lowest BCUT2D eigenvalue weighted by molar-refractivity contribution is -0.870. The van der Waals surface area contributed by atoms with Gasteiger partial charge in [-0.25, -0.2) is 0 Å². The Kier molecular flexibility index (Phi) is 71.6. The standard InChI is InChI=1S/C82H156NO8P/c1-6-8-10-12-14-16-18-20-22-24-26-28-30-32-34-36-37-38-39-40-41-42-43-44-45-47-48-50-52-54-56-58-60-62-64-66-68-70-72-74-81(84)88-78-80(79-90-92(86,87)89-77-76-83(3,4)5)91-82(85)75-73-71-69-67-65-63-61-59-57-55-53-51-49-46-35-33-31-29-27-25-23-21-19-17-15-13-11-9-7-2/h9,11,15,17,21,23,27,29,80H,6-8,10,12-14,16,18-20,22,24-26,28,30-79H2,1-5H3/b11-9-,17-15-,23-21-,29-27-. The predicted molar refractivity (Wildman–Crippen MR) is 397 cm³/mol. The van der Waals surface area contributed by atoms with Crippen LogP contribution >= 0.6 is 7.82 Å². The summed E-state index contributed by atoms with van der Waals surface area (Å²) in [6, 6.07) is 0. The lowest BCUT2D eigenvalue weighted by atomic mass is 10.0. The Morgan fingerprint density at radius 2 is 0.620 bits per heavy atom. The fourth-order valence-corrected chi connectivity index (χ4v) is 13.0. The molecule has 0 aliphatic carbocycles. The molecule has 0 radical (unpaired) electrons. The Morgan fingerprint density at radius 3 is 0.924 bits per heavy atom. The minimum atomic E-state index is -4.64.